The van der Waals surface area contributed by atoms with E-state index in [-0.39, 0.29) is 71.4 Å². The molecule has 0 saturated carbocycles. The highest BCUT2D eigenvalue weighted by Crippen LogP contribution is 2.51. The molecule has 12 nitrogen and oxygen atoms in total. The van der Waals surface area contributed by atoms with E-state index in [1.54, 1.807) is 12.1 Å². The average molecular weight is 1040 g/mol. The summed E-state index contributed by atoms with van der Waals surface area (Å²) in [5.74, 6) is -0.504. The van der Waals surface area contributed by atoms with Gasteiger partial charge in [-0.1, -0.05) is 195 Å². The van der Waals surface area contributed by atoms with E-state index < -0.39 is 11.9 Å². The summed E-state index contributed by atoms with van der Waals surface area (Å²) in [5.41, 5.74) is 0.622. The Morgan fingerprint density at radius 3 is 0.824 bits per heavy atom. The van der Waals surface area contributed by atoms with E-state index in [1.807, 2.05) is 0 Å². The van der Waals surface area contributed by atoms with Gasteiger partial charge in [0.05, 0.1) is 50.8 Å². The third-order valence-electron chi connectivity index (χ3n) is 13.9. The van der Waals surface area contributed by atoms with Crippen molar-refractivity contribution in [2.75, 3.05) is 39.6 Å². The number of carboxylic acid groups (broad SMARTS) is 2. The van der Waals surface area contributed by atoms with Crippen molar-refractivity contribution in [1.82, 2.24) is 0 Å². The van der Waals surface area contributed by atoms with Crippen LogP contribution in [0.2, 0.25) is 0 Å². The largest absolute Gasteiger partial charge is 0.490 e. The first-order valence-corrected chi connectivity index (χ1v) is 29.9. The van der Waals surface area contributed by atoms with Crippen molar-refractivity contribution < 1.29 is 57.8 Å². The molecule has 0 unspecified atom stereocenters. The molecular weight excluding hydrogens is 937 g/mol. The van der Waals surface area contributed by atoms with Crippen LogP contribution < -0.4 is 28.4 Å². The molecule has 0 heterocycles. The summed E-state index contributed by atoms with van der Waals surface area (Å²) in [7, 11) is 0. The molecule has 0 spiro atoms. The minimum atomic E-state index is -0.792. The third kappa shape index (κ3) is 24.9. The lowest BCUT2D eigenvalue weighted by atomic mass is 9.82. The van der Waals surface area contributed by atoms with Crippen LogP contribution in [0.15, 0.2) is 12.1 Å². The Bertz CT molecular complexity index is 1740. The zero-order valence-electron chi connectivity index (χ0n) is 46.8. The Balaban J connectivity index is 2.17. The number of benzene rings is 2. The molecule has 2 aromatic carbocycles. The highest BCUT2D eigenvalue weighted by molar-refractivity contribution is 6.31. The van der Waals surface area contributed by atoms with Crippen LogP contribution >= 0.6 is 0 Å². The quantitative estimate of drug-likeness (QED) is 0.0515. The molecule has 2 N–H and O–H groups in total. The second kappa shape index (κ2) is 40.8. The van der Waals surface area contributed by atoms with Gasteiger partial charge in [-0.25, -0.2) is 0 Å². The van der Waals surface area contributed by atoms with Crippen LogP contribution in [0.25, 0.3) is 0 Å². The summed E-state index contributed by atoms with van der Waals surface area (Å²) in [6, 6.07) is 3.37. The van der Waals surface area contributed by atoms with Crippen LogP contribution in [-0.4, -0.2) is 73.4 Å². The predicted molar refractivity (Wildman–Crippen MR) is 297 cm³/mol. The van der Waals surface area contributed by atoms with Crippen LogP contribution in [0.1, 0.15) is 291 Å². The second-order valence-electron chi connectivity index (χ2n) is 20.6. The Labute approximate surface area is 447 Å². The Morgan fingerprint density at radius 1 is 0.324 bits per heavy atom. The lowest BCUT2D eigenvalue weighted by molar-refractivity contribution is -0.138. The van der Waals surface area contributed by atoms with E-state index in [1.165, 1.54) is 51.4 Å². The number of fused-ring (bicyclic) bond motifs is 2. The Morgan fingerprint density at radius 2 is 0.554 bits per heavy atom. The zero-order chi connectivity index (χ0) is 53.4. The van der Waals surface area contributed by atoms with Crippen molar-refractivity contribution in [2.45, 2.75) is 259 Å². The molecule has 3 rings (SSSR count). The molecule has 1 aliphatic carbocycles. The number of rotatable bonds is 50. The maximum Gasteiger partial charge on any atom is 0.303 e. The predicted octanol–water partition coefficient (Wildman–Crippen LogP) is 17.0. The number of carbonyl (C=O) groups is 4. The van der Waals surface area contributed by atoms with Gasteiger partial charge in [-0.2, -0.15) is 0 Å². The number of unbranched alkanes of at least 4 members (excludes halogenated alkanes) is 28. The van der Waals surface area contributed by atoms with Gasteiger partial charge in [0.1, 0.15) is 0 Å². The molecule has 74 heavy (non-hydrogen) atoms. The van der Waals surface area contributed by atoms with Crippen molar-refractivity contribution in [3.63, 3.8) is 0 Å². The highest BCUT2D eigenvalue weighted by Gasteiger charge is 2.41. The number of ether oxygens (including phenoxy) is 6. The number of carbonyl (C=O) groups excluding carboxylic acids is 2. The molecule has 0 aromatic heterocycles. The van der Waals surface area contributed by atoms with Gasteiger partial charge >= 0.3 is 11.9 Å². The summed E-state index contributed by atoms with van der Waals surface area (Å²) < 4.78 is 39.9. The highest BCUT2D eigenvalue weighted by atomic mass is 16.5. The van der Waals surface area contributed by atoms with E-state index in [0.717, 1.165) is 141 Å². The zero-order valence-corrected chi connectivity index (χ0v) is 46.8. The number of ketones is 2. The summed E-state index contributed by atoms with van der Waals surface area (Å²) in [6.45, 7) is 10.9. The molecule has 0 saturated heterocycles. The van der Waals surface area contributed by atoms with E-state index in [9.17, 15) is 9.59 Å². The molecule has 0 aliphatic heterocycles. The van der Waals surface area contributed by atoms with Gasteiger partial charge in [0.25, 0.3) is 0 Å². The van der Waals surface area contributed by atoms with Crippen molar-refractivity contribution in [3.8, 4) is 34.5 Å². The van der Waals surface area contributed by atoms with E-state index in [2.05, 4.69) is 27.7 Å². The maximum absolute atomic E-state index is 15.5. The molecule has 0 amide bonds. The van der Waals surface area contributed by atoms with Crippen LogP contribution in [0.3, 0.4) is 0 Å². The maximum atomic E-state index is 15.5. The van der Waals surface area contributed by atoms with Gasteiger partial charge in [0.15, 0.2) is 34.6 Å². The van der Waals surface area contributed by atoms with Gasteiger partial charge in [0, 0.05) is 24.0 Å². The van der Waals surface area contributed by atoms with Gasteiger partial charge in [0.2, 0.25) is 11.5 Å². The van der Waals surface area contributed by atoms with E-state index in [0.29, 0.717) is 75.1 Å². The monoisotopic (exact) mass is 1040 g/mol. The normalized spacial score (nSPS) is 11.9. The van der Waals surface area contributed by atoms with Gasteiger partial charge in [-0.05, 0) is 63.5 Å². The van der Waals surface area contributed by atoms with Crippen molar-refractivity contribution in [1.29, 1.82) is 0 Å². The number of hydrogen-bond donors (Lipinski definition) is 2. The van der Waals surface area contributed by atoms with Gasteiger partial charge in [-0.3, -0.25) is 19.2 Å². The topological polar surface area (TPSA) is 164 Å². The Hall–Kier alpha value is -4.48. The summed E-state index contributed by atoms with van der Waals surface area (Å²) >= 11 is 0. The molecule has 1 aliphatic rings. The van der Waals surface area contributed by atoms with Gasteiger partial charge in [-0.15, -0.1) is 0 Å². The van der Waals surface area contributed by atoms with Crippen LogP contribution in [0, 0.1) is 0 Å². The molecule has 0 bridgehead atoms. The Kier molecular flexibility index (Phi) is 35.2. The smallest absolute Gasteiger partial charge is 0.303 e. The first kappa shape index (κ1) is 63.8. The summed E-state index contributed by atoms with van der Waals surface area (Å²) in [5, 5.41) is 18.3. The van der Waals surface area contributed by atoms with Crippen LogP contribution in [0.5, 0.6) is 34.5 Å². The molecule has 12 heteroatoms. The summed E-state index contributed by atoms with van der Waals surface area (Å²) in [6.07, 6.45) is 33.6. The molecule has 420 valence electrons. The van der Waals surface area contributed by atoms with E-state index >= 15 is 9.59 Å². The second-order valence-corrected chi connectivity index (χ2v) is 20.6. The first-order chi connectivity index (χ1) is 36.2. The minimum absolute atomic E-state index is 0.142. The lowest BCUT2D eigenvalue weighted by Crippen LogP contribution is -2.25. The van der Waals surface area contributed by atoms with E-state index in [4.69, 9.17) is 38.6 Å². The molecule has 2 aromatic rings. The van der Waals surface area contributed by atoms with Crippen LogP contribution in [0.4, 0.5) is 0 Å². The van der Waals surface area contributed by atoms with Crippen molar-refractivity contribution >= 4 is 23.5 Å². The number of hydrogen-bond acceptors (Lipinski definition) is 10. The standard InChI is InChI=1S/C62H100O12/c1-5-9-13-17-25-33-41-69-51-47-49-55(61(59(51)71-43-35-27-19-15-11-7-3)73-45-37-29-21-23-31-39-53(63)64)58(68)50-48-52(70-42-34-26-18-14-10-6-2)60(72-44-36-28-20-16-12-8-4)62(56(50)57(49)67)74-46-38-30-22-24-32-40-54(65)66/h47-48H,5-46H2,1-4H3,(H,63,64)(H,65,66). The minimum Gasteiger partial charge on any atom is -0.490 e. The van der Waals surface area contributed by atoms with Crippen molar-refractivity contribution in [2.24, 2.45) is 0 Å². The van der Waals surface area contributed by atoms with Gasteiger partial charge < -0.3 is 38.6 Å². The summed E-state index contributed by atoms with van der Waals surface area (Å²) in [4.78, 5) is 53.2. The SMILES string of the molecule is CCCCCCCCOc1cc2c(c(OCCCCCCCC(=O)O)c1OCCCCCCCC)C(=O)c1cc(OCCCCCCCC)c(OCCCCCCCC)c(OCCCCCCCC(=O)O)c1C2=O. The number of carboxylic acids is 2. The fourth-order valence-electron chi connectivity index (χ4n) is 9.48. The van der Waals surface area contributed by atoms with Crippen molar-refractivity contribution in [3.05, 3.63) is 34.4 Å². The molecular formula is C62H100O12. The third-order valence-corrected chi connectivity index (χ3v) is 13.9. The molecule has 0 atom stereocenters. The first-order valence-electron chi connectivity index (χ1n) is 29.9. The average Bonchev–Trinajstić information content (AvgIpc) is 3.38. The van der Waals surface area contributed by atoms with Crippen LogP contribution in [-0.2, 0) is 9.59 Å². The lowest BCUT2D eigenvalue weighted by Gasteiger charge is -2.27. The fourth-order valence-corrected chi connectivity index (χ4v) is 9.48. The fraction of sp³-hybridized carbons (Fsp3) is 0.742. The molecule has 0 fully saturated rings. The molecule has 0 radical (unpaired) electrons. The number of aliphatic carboxylic acids is 2.